The summed E-state index contributed by atoms with van der Waals surface area (Å²) in [6.07, 6.45) is 1.25. The molecule has 116 valence electrons. The van der Waals surface area contributed by atoms with E-state index >= 15 is 0 Å². The summed E-state index contributed by atoms with van der Waals surface area (Å²) < 4.78 is 5.51. The first-order valence-electron chi connectivity index (χ1n) is 7.44. The zero-order valence-electron chi connectivity index (χ0n) is 13.0. The molecule has 21 heavy (non-hydrogen) atoms. The molecule has 1 aliphatic rings. The van der Waals surface area contributed by atoms with Gasteiger partial charge in [0, 0.05) is 25.0 Å². The average Bonchev–Trinajstić information content (AvgIpc) is 2.47. The number of hydrogen-bond acceptors (Lipinski definition) is 4. The number of nitrogen functional groups attached to an aromatic ring is 1. The van der Waals surface area contributed by atoms with Crippen molar-refractivity contribution in [1.82, 2.24) is 4.90 Å². The quantitative estimate of drug-likeness (QED) is 0.832. The third kappa shape index (κ3) is 3.95. The lowest BCUT2D eigenvalue weighted by Crippen LogP contribution is -2.51. The van der Waals surface area contributed by atoms with Crippen LogP contribution in [0.15, 0.2) is 24.3 Å². The third-order valence-corrected chi connectivity index (χ3v) is 4.30. The number of likely N-dealkylation sites (tertiary alicyclic amines) is 1. The first-order chi connectivity index (χ1) is 10.0. The predicted molar refractivity (Wildman–Crippen MR) is 85.1 cm³/mol. The molecule has 0 aromatic heterocycles. The number of nitrogens with zero attached hydrogens (tertiary/aromatic N) is 1. The maximum absolute atomic E-state index is 12.4. The van der Waals surface area contributed by atoms with Crippen molar-refractivity contribution in [2.24, 2.45) is 5.92 Å². The van der Waals surface area contributed by atoms with Crippen LogP contribution in [0.1, 0.15) is 20.3 Å². The van der Waals surface area contributed by atoms with Gasteiger partial charge < -0.3 is 15.8 Å². The molecule has 1 aromatic rings. The minimum atomic E-state index is -0.184. The highest BCUT2D eigenvalue weighted by Crippen LogP contribution is 2.21. The molecule has 1 aliphatic heterocycles. The molecule has 5 heteroatoms. The van der Waals surface area contributed by atoms with E-state index in [0.717, 1.165) is 25.2 Å². The van der Waals surface area contributed by atoms with E-state index in [1.807, 2.05) is 19.1 Å². The van der Waals surface area contributed by atoms with E-state index in [-0.39, 0.29) is 18.1 Å². The Morgan fingerprint density at radius 2 is 2.29 bits per heavy atom. The number of benzene rings is 1. The monoisotopic (exact) mass is 291 g/mol. The summed E-state index contributed by atoms with van der Waals surface area (Å²) in [5.74, 6) is 0.528. The molecule has 0 bridgehead atoms. The Hall–Kier alpha value is -1.59. The molecule has 3 unspecified atom stereocenters. The van der Waals surface area contributed by atoms with E-state index in [4.69, 9.17) is 10.5 Å². The van der Waals surface area contributed by atoms with Crippen LogP contribution in [-0.4, -0.2) is 43.2 Å². The molecule has 2 rings (SSSR count). The van der Waals surface area contributed by atoms with Gasteiger partial charge in [0.1, 0.15) is 0 Å². The van der Waals surface area contributed by atoms with E-state index < -0.39 is 0 Å². The maximum Gasteiger partial charge on any atom is 0.241 e. The van der Waals surface area contributed by atoms with E-state index in [1.54, 1.807) is 19.2 Å². The van der Waals surface area contributed by atoms with Crippen LogP contribution in [0.3, 0.4) is 0 Å². The van der Waals surface area contributed by atoms with E-state index in [9.17, 15) is 4.79 Å². The minimum Gasteiger partial charge on any atom is -0.399 e. The summed E-state index contributed by atoms with van der Waals surface area (Å²) >= 11 is 0. The number of anilines is 2. The van der Waals surface area contributed by atoms with Crippen molar-refractivity contribution < 1.29 is 9.53 Å². The number of rotatable bonds is 4. The highest BCUT2D eigenvalue weighted by Gasteiger charge is 2.31. The van der Waals surface area contributed by atoms with Crippen molar-refractivity contribution >= 4 is 17.3 Å². The molecule has 0 saturated carbocycles. The fourth-order valence-corrected chi connectivity index (χ4v) is 2.75. The van der Waals surface area contributed by atoms with Gasteiger partial charge in [-0.3, -0.25) is 9.69 Å². The van der Waals surface area contributed by atoms with Gasteiger partial charge in [0.05, 0.1) is 12.1 Å². The van der Waals surface area contributed by atoms with Crippen molar-refractivity contribution in [2.45, 2.75) is 32.4 Å². The summed E-state index contributed by atoms with van der Waals surface area (Å²) in [5, 5.41) is 2.92. The van der Waals surface area contributed by atoms with Crippen molar-refractivity contribution in [1.29, 1.82) is 0 Å². The minimum absolute atomic E-state index is 0.00925. The zero-order chi connectivity index (χ0) is 15.4. The molecule has 3 N–H and O–H groups in total. The number of ether oxygens (including phenoxy) is 1. The number of carbonyl (C=O) groups is 1. The smallest absolute Gasteiger partial charge is 0.241 e. The van der Waals surface area contributed by atoms with Crippen molar-refractivity contribution in [3.63, 3.8) is 0 Å². The lowest BCUT2D eigenvalue weighted by molar-refractivity contribution is -0.122. The van der Waals surface area contributed by atoms with Gasteiger partial charge in [-0.25, -0.2) is 0 Å². The maximum atomic E-state index is 12.4. The van der Waals surface area contributed by atoms with Crippen LogP contribution in [-0.2, 0) is 9.53 Å². The molecular weight excluding hydrogens is 266 g/mol. The summed E-state index contributed by atoms with van der Waals surface area (Å²) in [7, 11) is 1.74. The molecule has 1 aromatic carbocycles. The van der Waals surface area contributed by atoms with E-state index in [1.165, 1.54) is 0 Å². The first kappa shape index (κ1) is 15.8. The molecule has 1 fully saturated rings. The van der Waals surface area contributed by atoms with Crippen LogP contribution >= 0.6 is 0 Å². The van der Waals surface area contributed by atoms with Crippen LogP contribution in [0, 0.1) is 5.92 Å². The average molecular weight is 291 g/mol. The van der Waals surface area contributed by atoms with Crippen LogP contribution in [0.5, 0.6) is 0 Å². The lowest BCUT2D eigenvalue weighted by atomic mass is 9.95. The molecule has 1 heterocycles. The number of amides is 1. The molecule has 1 amide bonds. The molecular formula is C16H25N3O2. The summed E-state index contributed by atoms with van der Waals surface area (Å²) in [6.45, 7) is 5.85. The molecule has 3 atom stereocenters. The fraction of sp³-hybridized carbons (Fsp3) is 0.562. The Morgan fingerprint density at radius 1 is 1.52 bits per heavy atom. The van der Waals surface area contributed by atoms with E-state index in [2.05, 4.69) is 17.1 Å². The number of nitrogens with one attached hydrogen (secondary N) is 1. The molecule has 1 saturated heterocycles. The highest BCUT2D eigenvalue weighted by molar-refractivity contribution is 5.94. The van der Waals surface area contributed by atoms with E-state index in [0.29, 0.717) is 11.6 Å². The summed E-state index contributed by atoms with van der Waals surface area (Å²) in [5.41, 5.74) is 7.11. The third-order valence-electron chi connectivity index (χ3n) is 4.30. The van der Waals surface area contributed by atoms with Gasteiger partial charge in [0.2, 0.25) is 5.91 Å². The fourth-order valence-electron chi connectivity index (χ4n) is 2.75. The highest BCUT2D eigenvalue weighted by atomic mass is 16.5. The number of methoxy groups -OCH3 is 1. The lowest BCUT2D eigenvalue weighted by Gasteiger charge is -2.38. The second kappa shape index (κ2) is 6.91. The Labute approximate surface area is 126 Å². The number of carbonyl (C=O) groups excluding carboxylic acids is 1. The topological polar surface area (TPSA) is 67.6 Å². The Kier molecular flexibility index (Phi) is 5.20. The SMILES string of the molecule is COC1CN(C(C)C(=O)Nc2cccc(N)c2)CCC1C. The summed E-state index contributed by atoms with van der Waals surface area (Å²) in [4.78, 5) is 14.5. The van der Waals surface area contributed by atoms with Gasteiger partial charge >= 0.3 is 0 Å². The second-order valence-electron chi connectivity index (χ2n) is 5.83. The van der Waals surface area contributed by atoms with Gasteiger partial charge in [-0.15, -0.1) is 0 Å². The molecule has 5 nitrogen and oxygen atoms in total. The summed E-state index contributed by atoms with van der Waals surface area (Å²) in [6, 6.07) is 7.06. The number of piperidine rings is 1. The number of nitrogens with two attached hydrogens (primary N) is 1. The second-order valence-corrected chi connectivity index (χ2v) is 5.83. The van der Waals surface area contributed by atoms with Crippen LogP contribution in [0.4, 0.5) is 11.4 Å². The molecule has 0 spiro atoms. The van der Waals surface area contributed by atoms with Crippen LogP contribution in [0.25, 0.3) is 0 Å². The van der Waals surface area contributed by atoms with Crippen molar-refractivity contribution in [3.05, 3.63) is 24.3 Å². The normalized spacial score (nSPS) is 24.5. The standard InChI is InChI=1S/C16H25N3O2/c1-11-7-8-19(10-15(11)21-3)12(2)16(20)18-14-6-4-5-13(17)9-14/h4-6,9,11-12,15H,7-8,10,17H2,1-3H3,(H,18,20). The van der Waals surface area contributed by atoms with Gasteiger partial charge in [-0.2, -0.15) is 0 Å². The first-order valence-corrected chi connectivity index (χ1v) is 7.44. The number of hydrogen-bond donors (Lipinski definition) is 2. The van der Waals surface area contributed by atoms with Crippen LogP contribution < -0.4 is 11.1 Å². The Bertz CT molecular complexity index is 492. The largest absolute Gasteiger partial charge is 0.399 e. The van der Waals surface area contributed by atoms with Crippen molar-refractivity contribution in [3.8, 4) is 0 Å². The van der Waals surface area contributed by atoms with Gasteiger partial charge in [0.15, 0.2) is 0 Å². The zero-order valence-corrected chi connectivity index (χ0v) is 13.0. The Morgan fingerprint density at radius 3 is 2.95 bits per heavy atom. The van der Waals surface area contributed by atoms with Gasteiger partial charge in [-0.1, -0.05) is 13.0 Å². The Balaban J connectivity index is 1.96. The predicted octanol–water partition coefficient (Wildman–Crippen LogP) is 1.95. The van der Waals surface area contributed by atoms with Crippen LogP contribution in [0.2, 0.25) is 0 Å². The molecule has 0 radical (unpaired) electrons. The molecule has 0 aliphatic carbocycles. The van der Waals surface area contributed by atoms with Crippen molar-refractivity contribution in [2.75, 3.05) is 31.2 Å². The van der Waals surface area contributed by atoms with Gasteiger partial charge in [0.25, 0.3) is 0 Å². The van der Waals surface area contributed by atoms with Gasteiger partial charge in [-0.05, 0) is 44.0 Å².